The summed E-state index contributed by atoms with van der Waals surface area (Å²) in [5.74, 6) is 0.331. The number of benzene rings is 2. The fraction of sp³-hybridized carbons (Fsp3) is 0.0952. The van der Waals surface area contributed by atoms with Gasteiger partial charge < -0.3 is 8.92 Å². The quantitative estimate of drug-likeness (QED) is 0.457. The van der Waals surface area contributed by atoms with Gasteiger partial charge in [0.05, 0.1) is 5.56 Å². The monoisotopic (exact) mass is 412 g/mol. The predicted molar refractivity (Wildman–Crippen MR) is 107 cm³/mol. The minimum absolute atomic E-state index is 0.0596. The minimum Gasteiger partial charge on any atom is -0.452 e. The number of ether oxygens (including phenoxy) is 1. The second kappa shape index (κ2) is 6.92. The maximum atomic E-state index is 12.5. The van der Waals surface area contributed by atoms with E-state index in [4.69, 9.17) is 8.92 Å². The van der Waals surface area contributed by atoms with Gasteiger partial charge in [-0.2, -0.15) is 8.42 Å². The summed E-state index contributed by atoms with van der Waals surface area (Å²) >= 11 is 1.51. The third kappa shape index (κ3) is 3.46. The Labute approximate surface area is 167 Å². The van der Waals surface area contributed by atoms with Gasteiger partial charge in [0, 0.05) is 17.0 Å². The molecule has 0 saturated carbocycles. The van der Waals surface area contributed by atoms with Crippen LogP contribution >= 0.6 is 11.3 Å². The molecule has 1 aliphatic heterocycles. The van der Waals surface area contributed by atoms with Crippen LogP contribution in [0.3, 0.4) is 0 Å². The van der Waals surface area contributed by atoms with E-state index in [1.165, 1.54) is 41.7 Å². The van der Waals surface area contributed by atoms with E-state index < -0.39 is 10.1 Å². The normalized spacial score (nSPS) is 14.8. The number of hydrogen-bond donors (Lipinski definition) is 0. The first-order valence-corrected chi connectivity index (χ1v) is 10.8. The van der Waals surface area contributed by atoms with Crippen molar-refractivity contribution in [3.63, 3.8) is 0 Å². The van der Waals surface area contributed by atoms with Crippen LogP contribution in [-0.4, -0.2) is 14.2 Å². The minimum atomic E-state index is -3.97. The van der Waals surface area contributed by atoms with Crippen LogP contribution < -0.4 is 8.92 Å². The molecule has 28 heavy (non-hydrogen) atoms. The Balaban J connectivity index is 1.60. The van der Waals surface area contributed by atoms with Crippen LogP contribution in [0.1, 0.15) is 26.4 Å². The average molecular weight is 412 g/mol. The SMILES string of the molecule is Cc1ccc(S(=O)(=O)Oc2ccc3c(c2)OC(=Cc2sccc2C)C3=O)cc1. The van der Waals surface area contributed by atoms with E-state index in [1.807, 2.05) is 25.3 Å². The molecule has 0 N–H and O–H groups in total. The lowest BCUT2D eigenvalue weighted by molar-refractivity contribution is 0.101. The smallest absolute Gasteiger partial charge is 0.339 e. The van der Waals surface area contributed by atoms with Crippen LogP contribution in [0.15, 0.2) is 64.6 Å². The Kier molecular flexibility index (Phi) is 4.56. The molecule has 3 aromatic rings. The van der Waals surface area contributed by atoms with Gasteiger partial charge in [-0.25, -0.2) is 0 Å². The van der Waals surface area contributed by atoms with Crippen molar-refractivity contribution < 1.29 is 22.1 Å². The van der Waals surface area contributed by atoms with Crippen molar-refractivity contribution in [1.29, 1.82) is 0 Å². The zero-order chi connectivity index (χ0) is 19.9. The van der Waals surface area contributed by atoms with Crippen LogP contribution in [0.2, 0.25) is 0 Å². The summed E-state index contributed by atoms with van der Waals surface area (Å²) in [5, 5.41) is 1.94. The summed E-state index contributed by atoms with van der Waals surface area (Å²) in [6, 6.07) is 12.7. The van der Waals surface area contributed by atoms with E-state index in [-0.39, 0.29) is 27.9 Å². The van der Waals surface area contributed by atoms with E-state index in [1.54, 1.807) is 18.2 Å². The second-order valence-electron chi connectivity index (χ2n) is 6.42. The molecule has 0 unspecified atom stereocenters. The Morgan fingerprint density at radius 1 is 1.04 bits per heavy atom. The van der Waals surface area contributed by atoms with Crippen molar-refractivity contribution >= 4 is 33.3 Å². The third-order valence-electron chi connectivity index (χ3n) is 4.32. The molecule has 2 aromatic carbocycles. The van der Waals surface area contributed by atoms with E-state index >= 15 is 0 Å². The molecular formula is C21H16O5S2. The number of allylic oxidation sites excluding steroid dienone is 1. The van der Waals surface area contributed by atoms with Gasteiger partial charge in [0.25, 0.3) is 0 Å². The molecule has 0 amide bonds. The number of aryl methyl sites for hydroxylation is 2. The molecule has 142 valence electrons. The lowest BCUT2D eigenvalue weighted by atomic mass is 10.1. The van der Waals surface area contributed by atoms with Crippen molar-refractivity contribution in [3.8, 4) is 11.5 Å². The average Bonchev–Trinajstić information content (AvgIpc) is 3.19. The highest BCUT2D eigenvalue weighted by Crippen LogP contribution is 2.36. The number of carbonyl (C=O) groups excluding carboxylic acids is 1. The van der Waals surface area contributed by atoms with Crippen molar-refractivity contribution in [3.05, 3.63) is 81.2 Å². The maximum Gasteiger partial charge on any atom is 0.339 e. The number of rotatable bonds is 4. The van der Waals surface area contributed by atoms with Crippen molar-refractivity contribution in [2.24, 2.45) is 0 Å². The zero-order valence-corrected chi connectivity index (χ0v) is 16.8. The highest BCUT2D eigenvalue weighted by Gasteiger charge is 2.29. The summed E-state index contributed by atoms with van der Waals surface area (Å²) in [5.41, 5.74) is 2.38. The van der Waals surface area contributed by atoms with E-state index in [0.717, 1.165) is 16.0 Å². The highest BCUT2D eigenvalue weighted by atomic mass is 32.2. The van der Waals surface area contributed by atoms with Gasteiger partial charge in [0.2, 0.25) is 5.78 Å². The number of thiophene rings is 1. The van der Waals surface area contributed by atoms with Crippen LogP contribution in [0, 0.1) is 13.8 Å². The molecule has 7 heteroatoms. The molecule has 0 saturated heterocycles. The van der Waals surface area contributed by atoms with Gasteiger partial charge in [-0.15, -0.1) is 11.3 Å². The molecule has 0 atom stereocenters. The Morgan fingerprint density at radius 2 is 1.79 bits per heavy atom. The van der Waals surface area contributed by atoms with Crippen LogP contribution in [0.25, 0.3) is 6.08 Å². The van der Waals surface area contributed by atoms with Gasteiger partial charge in [0.1, 0.15) is 16.4 Å². The highest BCUT2D eigenvalue weighted by molar-refractivity contribution is 7.87. The van der Waals surface area contributed by atoms with Crippen LogP contribution in [0.5, 0.6) is 11.5 Å². The lowest BCUT2D eigenvalue weighted by Crippen LogP contribution is -2.09. The summed E-state index contributed by atoms with van der Waals surface area (Å²) in [7, 11) is -3.97. The molecule has 2 heterocycles. The molecule has 0 radical (unpaired) electrons. The summed E-state index contributed by atoms with van der Waals surface area (Å²) < 4.78 is 35.8. The standard InChI is InChI=1S/C21H16O5S2/c1-13-3-6-16(7-4-13)28(23,24)26-15-5-8-17-18(11-15)25-19(21(17)22)12-20-14(2)9-10-27-20/h3-12H,1-2H3. The third-order valence-corrected chi connectivity index (χ3v) is 6.55. The fourth-order valence-electron chi connectivity index (χ4n) is 2.75. The first-order chi connectivity index (χ1) is 13.3. The van der Waals surface area contributed by atoms with Crippen molar-refractivity contribution in [2.45, 2.75) is 18.7 Å². The molecule has 0 bridgehead atoms. The van der Waals surface area contributed by atoms with E-state index in [2.05, 4.69) is 0 Å². The van der Waals surface area contributed by atoms with Gasteiger partial charge in [-0.3, -0.25) is 4.79 Å². The fourth-order valence-corrected chi connectivity index (χ4v) is 4.52. The maximum absolute atomic E-state index is 12.5. The summed E-state index contributed by atoms with van der Waals surface area (Å²) in [4.78, 5) is 13.5. The Morgan fingerprint density at radius 3 is 2.46 bits per heavy atom. The molecule has 0 fully saturated rings. The Hall–Kier alpha value is -2.90. The van der Waals surface area contributed by atoms with Gasteiger partial charge in [0.15, 0.2) is 5.76 Å². The molecule has 1 aromatic heterocycles. The first kappa shape index (κ1) is 18.5. The molecular weight excluding hydrogens is 396 g/mol. The molecule has 5 nitrogen and oxygen atoms in total. The first-order valence-electron chi connectivity index (χ1n) is 8.47. The van der Waals surface area contributed by atoms with Crippen LogP contribution in [0.4, 0.5) is 0 Å². The number of fused-ring (bicyclic) bond motifs is 1. The molecule has 1 aliphatic rings. The predicted octanol–water partition coefficient (Wildman–Crippen LogP) is 4.75. The van der Waals surface area contributed by atoms with Gasteiger partial charge >= 0.3 is 10.1 Å². The zero-order valence-electron chi connectivity index (χ0n) is 15.1. The Bertz CT molecular complexity index is 1200. The largest absolute Gasteiger partial charge is 0.452 e. The molecule has 4 rings (SSSR count). The van der Waals surface area contributed by atoms with Crippen molar-refractivity contribution in [2.75, 3.05) is 0 Å². The number of carbonyl (C=O) groups is 1. The molecule has 0 aliphatic carbocycles. The van der Waals surface area contributed by atoms with Gasteiger partial charge in [-0.1, -0.05) is 17.7 Å². The number of ketones is 1. The number of Topliss-reactive ketones (excluding diaryl/α,β-unsaturated/α-hetero) is 1. The summed E-state index contributed by atoms with van der Waals surface area (Å²) in [6.07, 6.45) is 1.70. The van der Waals surface area contributed by atoms with Gasteiger partial charge in [-0.05, 0) is 55.1 Å². The van der Waals surface area contributed by atoms with Crippen LogP contribution in [-0.2, 0) is 10.1 Å². The van der Waals surface area contributed by atoms with E-state index in [9.17, 15) is 13.2 Å². The second-order valence-corrected chi connectivity index (χ2v) is 8.91. The van der Waals surface area contributed by atoms with Crippen molar-refractivity contribution in [1.82, 2.24) is 0 Å². The van der Waals surface area contributed by atoms with E-state index in [0.29, 0.717) is 5.56 Å². The number of hydrogen-bond acceptors (Lipinski definition) is 6. The lowest BCUT2D eigenvalue weighted by Gasteiger charge is -2.08. The molecule has 0 spiro atoms. The topological polar surface area (TPSA) is 69.7 Å². The summed E-state index contributed by atoms with van der Waals surface area (Å²) in [6.45, 7) is 3.83.